The summed E-state index contributed by atoms with van der Waals surface area (Å²) in [4.78, 5) is 23.5. The molecule has 1 amide bonds. The molecule has 0 unspecified atom stereocenters. The minimum atomic E-state index is -0.184. The molecule has 0 saturated heterocycles. The lowest BCUT2D eigenvalue weighted by atomic mass is 10.1. The molecule has 6 rings (SSSR count). The van der Waals surface area contributed by atoms with Gasteiger partial charge in [0.05, 0.1) is 12.3 Å². The first-order chi connectivity index (χ1) is 19.7. The van der Waals surface area contributed by atoms with Gasteiger partial charge in [-0.2, -0.15) is 0 Å². The van der Waals surface area contributed by atoms with Crippen LogP contribution < -0.4 is 15.5 Å². The second kappa shape index (κ2) is 11.3. The zero-order valence-corrected chi connectivity index (χ0v) is 21.9. The number of fused-ring (bicyclic) bond motifs is 3. The quantitative estimate of drug-likeness (QED) is 0.192. The van der Waals surface area contributed by atoms with E-state index in [4.69, 9.17) is 9.15 Å². The smallest absolute Gasteiger partial charge is 0.255 e. The van der Waals surface area contributed by atoms with Gasteiger partial charge in [-0.25, -0.2) is 9.97 Å². The van der Waals surface area contributed by atoms with E-state index < -0.39 is 0 Å². The van der Waals surface area contributed by atoms with Gasteiger partial charge in [0, 0.05) is 53.2 Å². The number of carbonyl (C=O) groups is 1. The monoisotopic (exact) mass is 529 g/mol. The van der Waals surface area contributed by atoms with Crippen molar-refractivity contribution in [3.05, 3.63) is 115 Å². The van der Waals surface area contributed by atoms with Crippen LogP contribution >= 0.6 is 0 Å². The molecular formula is C32H27N5O3. The topological polar surface area (TPSA) is 92.5 Å². The van der Waals surface area contributed by atoms with E-state index >= 15 is 0 Å². The van der Waals surface area contributed by atoms with E-state index in [0.29, 0.717) is 30.2 Å². The summed E-state index contributed by atoms with van der Waals surface area (Å²) in [6.45, 7) is 1.31. The Morgan fingerprint density at radius 1 is 0.875 bits per heavy atom. The minimum Gasteiger partial charge on any atom is -0.454 e. The van der Waals surface area contributed by atoms with Crippen molar-refractivity contribution in [2.75, 3.05) is 35.8 Å². The van der Waals surface area contributed by atoms with Crippen LogP contribution in [-0.2, 0) is 4.74 Å². The van der Waals surface area contributed by atoms with E-state index in [1.807, 2.05) is 77.7 Å². The fraction of sp³-hybridized carbons (Fsp3) is 0.0938. The third-order valence-electron chi connectivity index (χ3n) is 6.59. The molecule has 0 bridgehead atoms. The molecule has 0 radical (unpaired) electrons. The van der Waals surface area contributed by atoms with Crippen molar-refractivity contribution in [2.24, 2.45) is 0 Å². The highest BCUT2D eigenvalue weighted by Gasteiger charge is 2.20. The number of aromatic nitrogens is 2. The zero-order chi connectivity index (χ0) is 27.3. The predicted molar refractivity (Wildman–Crippen MR) is 159 cm³/mol. The minimum absolute atomic E-state index is 0.184. The fourth-order valence-electron chi connectivity index (χ4n) is 4.65. The molecule has 0 aliphatic carbocycles. The van der Waals surface area contributed by atoms with Crippen molar-refractivity contribution in [2.45, 2.75) is 0 Å². The van der Waals surface area contributed by atoms with Crippen LogP contribution in [0.15, 0.2) is 114 Å². The van der Waals surface area contributed by atoms with Crippen LogP contribution in [0, 0.1) is 0 Å². The van der Waals surface area contributed by atoms with E-state index in [1.165, 1.54) is 6.33 Å². The van der Waals surface area contributed by atoms with Crippen LogP contribution in [0.1, 0.15) is 10.4 Å². The van der Waals surface area contributed by atoms with Crippen molar-refractivity contribution in [1.29, 1.82) is 0 Å². The van der Waals surface area contributed by atoms with Gasteiger partial charge in [-0.15, -0.1) is 0 Å². The Hall–Kier alpha value is -5.21. The molecule has 0 fully saturated rings. The van der Waals surface area contributed by atoms with E-state index in [0.717, 1.165) is 39.0 Å². The Bertz CT molecular complexity index is 1750. The van der Waals surface area contributed by atoms with Gasteiger partial charge < -0.3 is 19.8 Å². The molecule has 2 N–H and O–H groups in total. The highest BCUT2D eigenvalue weighted by Crippen LogP contribution is 2.41. The van der Waals surface area contributed by atoms with Crippen LogP contribution in [0.2, 0.25) is 0 Å². The maximum Gasteiger partial charge on any atom is 0.255 e. The zero-order valence-electron chi connectivity index (χ0n) is 21.9. The lowest BCUT2D eigenvalue weighted by Gasteiger charge is -2.24. The lowest BCUT2D eigenvalue weighted by molar-refractivity contribution is 0.102. The molecule has 0 saturated carbocycles. The highest BCUT2D eigenvalue weighted by atomic mass is 16.5. The Balaban J connectivity index is 1.28. The van der Waals surface area contributed by atoms with Gasteiger partial charge >= 0.3 is 0 Å². The highest BCUT2D eigenvalue weighted by molar-refractivity contribution is 6.10. The van der Waals surface area contributed by atoms with Crippen molar-refractivity contribution in [3.63, 3.8) is 0 Å². The van der Waals surface area contributed by atoms with Gasteiger partial charge in [0.25, 0.3) is 5.91 Å². The number of furan rings is 1. The van der Waals surface area contributed by atoms with E-state index in [2.05, 4.69) is 32.7 Å². The van der Waals surface area contributed by atoms with Gasteiger partial charge in [-0.3, -0.25) is 9.69 Å². The Kier molecular flexibility index (Phi) is 7.07. The summed E-state index contributed by atoms with van der Waals surface area (Å²) in [6.07, 6.45) is 3.23. The van der Waals surface area contributed by atoms with Crippen LogP contribution in [0.4, 0.5) is 28.6 Å². The summed E-state index contributed by atoms with van der Waals surface area (Å²) in [5, 5.41) is 8.31. The molecule has 0 aliphatic heterocycles. The van der Waals surface area contributed by atoms with E-state index in [1.54, 1.807) is 25.4 Å². The summed E-state index contributed by atoms with van der Waals surface area (Å²) in [5.74, 6) is 0.509. The molecule has 4 aromatic carbocycles. The Labute approximate surface area is 231 Å². The summed E-state index contributed by atoms with van der Waals surface area (Å²) in [7, 11) is 1.66. The van der Waals surface area contributed by atoms with Gasteiger partial charge in [0.1, 0.15) is 17.7 Å². The average Bonchev–Trinajstić information content (AvgIpc) is 3.39. The molecule has 6 aromatic rings. The van der Waals surface area contributed by atoms with Crippen LogP contribution in [0.5, 0.6) is 0 Å². The molecule has 0 atom stereocenters. The molecular weight excluding hydrogens is 502 g/mol. The number of hydrogen-bond acceptors (Lipinski definition) is 7. The van der Waals surface area contributed by atoms with Gasteiger partial charge in [0.15, 0.2) is 5.58 Å². The standard InChI is InChI=1S/C32H27N5O3/c1-39-20-19-34-23-11-9-22(10-12-23)32(38)36-24-13-15-25(16-14-24)37(30-17-18-33-21-35-30)28-7-4-6-27-26-5-2-3-8-29(26)40-31(27)28/h2-18,21,34H,19-20H2,1H3,(H,36,38). The number of methoxy groups -OCH3 is 1. The number of amides is 1. The molecule has 8 nitrogen and oxygen atoms in total. The van der Waals surface area contributed by atoms with E-state index in [-0.39, 0.29) is 5.91 Å². The van der Waals surface area contributed by atoms with Crippen LogP contribution in [-0.4, -0.2) is 36.1 Å². The second-order valence-corrected chi connectivity index (χ2v) is 9.15. The summed E-state index contributed by atoms with van der Waals surface area (Å²) in [6, 6.07) is 30.9. The van der Waals surface area contributed by atoms with Crippen molar-refractivity contribution >= 4 is 56.4 Å². The number of para-hydroxylation sites is 2. The molecule has 2 heterocycles. The number of carbonyl (C=O) groups excluding carboxylic acids is 1. The molecule has 0 spiro atoms. The third kappa shape index (κ3) is 5.08. The first-order valence-electron chi connectivity index (χ1n) is 12.9. The summed E-state index contributed by atoms with van der Waals surface area (Å²) in [5.41, 5.74) is 5.48. The maximum absolute atomic E-state index is 12.9. The van der Waals surface area contributed by atoms with Crippen molar-refractivity contribution in [3.8, 4) is 0 Å². The van der Waals surface area contributed by atoms with Crippen LogP contribution in [0.3, 0.4) is 0 Å². The van der Waals surface area contributed by atoms with Crippen molar-refractivity contribution < 1.29 is 13.9 Å². The van der Waals surface area contributed by atoms with Gasteiger partial charge in [0.2, 0.25) is 0 Å². The summed E-state index contributed by atoms with van der Waals surface area (Å²) >= 11 is 0. The normalized spacial score (nSPS) is 11.0. The largest absolute Gasteiger partial charge is 0.454 e. The number of anilines is 5. The SMILES string of the molecule is COCCNc1ccc(C(=O)Nc2ccc(N(c3ccncn3)c3cccc4c3oc3ccccc34)cc2)cc1. The van der Waals surface area contributed by atoms with E-state index in [9.17, 15) is 4.79 Å². The number of hydrogen-bond donors (Lipinski definition) is 2. The number of rotatable bonds is 9. The molecule has 8 heteroatoms. The Morgan fingerprint density at radius 2 is 1.65 bits per heavy atom. The maximum atomic E-state index is 12.9. The fourth-order valence-corrected chi connectivity index (χ4v) is 4.65. The molecule has 0 aliphatic rings. The number of nitrogens with zero attached hydrogens (tertiary/aromatic N) is 3. The second-order valence-electron chi connectivity index (χ2n) is 9.15. The lowest BCUT2D eigenvalue weighted by Crippen LogP contribution is -2.14. The van der Waals surface area contributed by atoms with Gasteiger partial charge in [-0.1, -0.05) is 30.3 Å². The summed E-state index contributed by atoms with van der Waals surface area (Å²) < 4.78 is 11.4. The van der Waals surface area contributed by atoms with Crippen molar-refractivity contribution in [1.82, 2.24) is 9.97 Å². The third-order valence-corrected chi connectivity index (χ3v) is 6.59. The molecule has 40 heavy (non-hydrogen) atoms. The van der Waals surface area contributed by atoms with Crippen LogP contribution in [0.25, 0.3) is 21.9 Å². The molecule has 198 valence electrons. The number of nitrogens with one attached hydrogen (secondary N) is 2. The molecule has 2 aromatic heterocycles. The first-order valence-corrected chi connectivity index (χ1v) is 12.9. The Morgan fingerprint density at radius 3 is 2.42 bits per heavy atom. The van der Waals surface area contributed by atoms with Gasteiger partial charge in [-0.05, 0) is 66.7 Å². The predicted octanol–water partition coefficient (Wildman–Crippen LogP) is 7.16. The number of ether oxygens (including phenoxy) is 1. The first kappa shape index (κ1) is 25.1. The average molecular weight is 530 g/mol. The number of benzene rings is 4.